The zero-order valence-electron chi connectivity index (χ0n) is 24.6. The van der Waals surface area contributed by atoms with Gasteiger partial charge < -0.3 is 4.40 Å². The van der Waals surface area contributed by atoms with Crippen molar-refractivity contribution in [3.63, 3.8) is 0 Å². The molecular weight excluding hydrogens is 544 g/mol. The predicted molar refractivity (Wildman–Crippen MR) is 189 cm³/mol. The van der Waals surface area contributed by atoms with E-state index < -0.39 is 0 Å². The molecule has 0 bridgehead atoms. The Labute approximate surface area is 261 Å². The molecule has 0 spiro atoms. The maximum Gasteiger partial charge on any atom is 0.137 e. The predicted octanol–water partition coefficient (Wildman–Crippen LogP) is 11.5. The van der Waals surface area contributed by atoms with E-state index in [1.54, 1.807) is 0 Å². The highest BCUT2D eigenvalue weighted by atomic mass is 15.0. The van der Waals surface area contributed by atoms with Crippen LogP contribution in [0.4, 0.5) is 0 Å². The molecule has 2 aromatic heterocycles. The number of fused-ring (bicyclic) bond motifs is 4. The van der Waals surface area contributed by atoms with E-state index in [0.29, 0.717) is 0 Å². The van der Waals surface area contributed by atoms with Gasteiger partial charge >= 0.3 is 0 Å². The SMILES string of the molecule is c1ccc(-c2ccc(-c3c4ccccc4c(-c4ccc5cc(-c6cn7ccccc7n6)ccc5c4)c4ccccc34)cc2)cc1. The summed E-state index contributed by atoms with van der Waals surface area (Å²) in [6.07, 6.45) is 4.14. The van der Waals surface area contributed by atoms with E-state index in [1.165, 1.54) is 65.7 Å². The van der Waals surface area contributed by atoms with E-state index in [4.69, 9.17) is 4.98 Å². The number of imidazole rings is 1. The van der Waals surface area contributed by atoms with E-state index in [2.05, 4.69) is 150 Å². The van der Waals surface area contributed by atoms with Gasteiger partial charge in [-0.15, -0.1) is 0 Å². The molecule has 0 unspecified atom stereocenters. The van der Waals surface area contributed by atoms with Crippen molar-refractivity contribution in [1.29, 1.82) is 0 Å². The summed E-state index contributed by atoms with van der Waals surface area (Å²) < 4.78 is 2.07. The molecule has 0 amide bonds. The quantitative estimate of drug-likeness (QED) is 0.192. The normalized spacial score (nSPS) is 11.6. The first-order valence-corrected chi connectivity index (χ1v) is 15.4. The largest absolute Gasteiger partial charge is 0.306 e. The van der Waals surface area contributed by atoms with Crippen LogP contribution in [0.15, 0.2) is 170 Å². The first-order chi connectivity index (χ1) is 22.3. The van der Waals surface area contributed by atoms with Crippen molar-refractivity contribution in [2.24, 2.45) is 0 Å². The maximum atomic E-state index is 4.84. The molecule has 210 valence electrons. The minimum atomic E-state index is 0.956. The molecule has 0 saturated heterocycles. The monoisotopic (exact) mass is 572 g/mol. The van der Waals surface area contributed by atoms with Crippen LogP contribution in [0.3, 0.4) is 0 Å². The Morgan fingerprint density at radius 2 is 0.867 bits per heavy atom. The molecule has 0 fully saturated rings. The molecule has 2 nitrogen and oxygen atoms in total. The van der Waals surface area contributed by atoms with Crippen molar-refractivity contribution in [2.45, 2.75) is 0 Å². The van der Waals surface area contributed by atoms with Gasteiger partial charge in [0.15, 0.2) is 0 Å². The number of nitrogens with zero attached hydrogens (tertiary/aromatic N) is 2. The lowest BCUT2D eigenvalue weighted by Crippen LogP contribution is -1.91. The van der Waals surface area contributed by atoms with Gasteiger partial charge in [-0.3, -0.25) is 0 Å². The lowest BCUT2D eigenvalue weighted by atomic mass is 9.85. The Morgan fingerprint density at radius 1 is 0.378 bits per heavy atom. The number of aromatic nitrogens is 2. The lowest BCUT2D eigenvalue weighted by Gasteiger charge is -2.18. The second kappa shape index (κ2) is 10.3. The molecule has 2 heteroatoms. The zero-order chi connectivity index (χ0) is 29.7. The number of hydrogen-bond donors (Lipinski definition) is 0. The van der Waals surface area contributed by atoms with Crippen LogP contribution in [-0.4, -0.2) is 9.38 Å². The molecular formula is C43H28N2. The molecule has 9 rings (SSSR count). The van der Waals surface area contributed by atoms with Crippen molar-refractivity contribution in [3.05, 3.63) is 170 Å². The summed E-state index contributed by atoms with van der Waals surface area (Å²) in [5.74, 6) is 0. The van der Waals surface area contributed by atoms with Gasteiger partial charge in [0.05, 0.1) is 5.69 Å². The van der Waals surface area contributed by atoms with Gasteiger partial charge in [-0.1, -0.05) is 133 Å². The summed E-state index contributed by atoms with van der Waals surface area (Å²) in [6.45, 7) is 0. The summed E-state index contributed by atoms with van der Waals surface area (Å²) in [4.78, 5) is 4.84. The van der Waals surface area contributed by atoms with Gasteiger partial charge in [0.25, 0.3) is 0 Å². The van der Waals surface area contributed by atoms with Crippen LogP contribution >= 0.6 is 0 Å². The first-order valence-electron chi connectivity index (χ1n) is 15.4. The molecule has 0 radical (unpaired) electrons. The number of rotatable bonds is 4. The van der Waals surface area contributed by atoms with Crippen molar-refractivity contribution in [3.8, 4) is 44.6 Å². The molecule has 0 aliphatic heterocycles. The van der Waals surface area contributed by atoms with Crippen LogP contribution in [-0.2, 0) is 0 Å². The zero-order valence-corrected chi connectivity index (χ0v) is 24.6. The number of hydrogen-bond acceptors (Lipinski definition) is 1. The molecule has 0 saturated carbocycles. The number of pyridine rings is 1. The summed E-state index contributed by atoms with van der Waals surface area (Å²) in [5.41, 5.74) is 10.5. The molecule has 0 N–H and O–H groups in total. The second-order valence-electron chi connectivity index (χ2n) is 11.7. The third-order valence-corrected chi connectivity index (χ3v) is 9.00. The third-order valence-electron chi connectivity index (χ3n) is 9.00. The van der Waals surface area contributed by atoms with Gasteiger partial charge in [0, 0.05) is 18.0 Å². The van der Waals surface area contributed by atoms with E-state index in [-0.39, 0.29) is 0 Å². The van der Waals surface area contributed by atoms with Crippen LogP contribution in [0.5, 0.6) is 0 Å². The smallest absolute Gasteiger partial charge is 0.137 e. The van der Waals surface area contributed by atoms with E-state index >= 15 is 0 Å². The Kier molecular flexibility index (Phi) is 5.85. The molecule has 0 atom stereocenters. The van der Waals surface area contributed by atoms with Crippen LogP contribution < -0.4 is 0 Å². The van der Waals surface area contributed by atoms with Crippen molar-refractivity contribution in [1.82, 2.24) is 9.38 Å². The fourth-order valence-corrected chi connectivity index (χ4v) is 6.84. The Bertz CT molecular complexity index is 2430. The van der Waals surface area contributed by atoms with Crippen LogP contribution in [0.1, 0.15) is 0 Å². The molecule has 7 aromatic carbocycles. The second-order valence-corrected chi connectivity index (χ2v) is 11.7. The molecule has 45 heavy (non-hydrogen) atoms. The van der Waals surface area contributed by atoms with Gasteiger partial charge in [-0.2, -0.15) is 0 Å². The van der Waals surface area contributed by atoms with Gasteiger partial charge in [0.2, 0.25) is 0 Å². The highest BCUT2D eigenvalue weighted by Crippen LogP contribution is 2.44. The summed E-state index contributed by atoms with van der Waals surface area (Å²) in [5, 5.41) is 7.48. The van der Waals surface area contributed by atoms with Crippen molar-refractivity contribution in [2.75, 3.05) is 0 Å². The van der Waals surface area contributed by atoms with Gasteiger partial charge in [-0.25, -0.2) is 4.98 Å². The topological polar surface area (TPSA) is 17.3 Å². The lowest BCUT2D eigenvalue weighted by molar-refractivity contribution is 1.19. The fourth-order valence-electron chi connectivity index (χ4n) is 6.84. The number of benzene rings is 7. The highest BCUT2D eigenvalue weighted by molar-refractivity contribution is 6.21. The van der Waals surface area contributed by atoms with Crippen LogP contribution in [0.25, 0.3) is 82.6 Å². The third kappa shape index (κ3) is 4.30. The molecule has 2 heterocycles. The Balaban J connectivity index is 1.20. The van der Waals surface area contributed by atoms with Crippen LogP contribution in [0.2, 0.25) is 0 Å². The Morgan fingerprint density at radius 3 is 1.51 bits per heavy atom. The highest BCUT2D eigenvalue weighted by Gasteiger charge is 2.17. The van der Waals surface area contributed by atoms with Gasteiger partial charge in [0.1, 0.15) is 5.65 Å². The Hall–Kier alpha value is -5.99. The first kappa shape index (κ1) is 25.5. The minimum Gasteiger partial charge on any atom is -0.306 e. The molecule has 0 aliphatic rings. The van der Waals surface area contributed by atoms with E-state index in [0.717, 1.165) is 16.9 Å². The maximum absolute atomic E-state index is 4.84. The van der Waals surface area contributed by atoms with Crippen LogP contribution in [0, 0.1) is 0 Å². The standard InChI is InChI=1S/C43H28N2/c1-2-10-29(11-3-1)30-17-19-31(20-18-30)42-36-12-4-6-14-38(36)43(39-15-7-5-13-37(39)42)35-24-22-32-26-34(23-21-33(32)27-35)40-28-45-25-9-8-16-41(45)44-40/h1-28H. The summed E-state index contributed by atoms with van der Waals surface area (Å²) in [6, 6.07) is 56.9. The van der Waals surface area contributed by atoms with E-state index in [9.17, 15) is 0 Å². The van der Waals surface area contributed by atoms with E-state index in [1.807, 2.05) is 24.4 Å². The minimum absolute atomic E-state index is 0.956. The summed E-state index contributed by atoms with van der Waals surface area (Å²) >= 11 is 0. The average molecular weight is 573 g/mol. The van der Waals surface area contributed by atoms with Gasteiger partial charge in [-0.05, 0) is 90.0 Å². The van der Waals surface area contributed by atoms with Crippen molar-refractivity contribution >= 4 is 38.0 Å². The summed E-state index contributed by atoms with van der Waals surface area (Å²) in [7, 11) is 0. The average Bonchev–Trinajstić information content (AvgIpc) is 3.55. The molecule has 9 aromatic rings. The molecule has 0 aliphatic carbocycles. The van der Waals surface area contributed by atoms with Crippen molar-refractivity contribution < 1.29 is 0 Å². The fraction of sp³-hybridized carbons (Fsp3) is 0.